The van der Waals surface area contributed by atoms with E-state index in [1.54, 1.807) is 6.92 Å². The molecule has 20 heavy (non-hydrogen) atoms. The Labute approximate surface area is 122 Å². The maximum Gasteiger partial charge on any atom is 0.254 e. The highest BCUT2D eigenvalue weighted by atomic mass is 35.5. The zero-order chi connectivity index (χ0) is 14.9. The molecule has 1 aromatic carbocycles. The average Bonchev–Trinajstić information content (AvgIpc) is 2.69. The van der Waals surface area contributed by atoms with E-state index < -0.39 is 21.6 Å². The van der Waals surface area contributed by atoms with Gasteiger partial charge in [-0.15, -0.1) is 0 Å². The number of hydrogen-bond donors (Lipinski definition) is 0. The molecule has 0 aromatic heterocycles. The molecule has 1 heterocycles. The number of sulfone groups is 1. The van der Waals surface area contributed by atoms with E-state index in [2.05, 4.69) is 0 Å². The van der Waals surface area contributed by atoms with Crippen LogP contribution in [0.25, 0.3) is 0 Å². The minimum atomic E-state index is -3.08. The first-order chi connectivity index (χ1) is 9.32. The van der Waals surface area contributed by atoms with Crippen LogP contribution in [-0.2, 0) is 9.84 Å². The third-order valence-corrected chi connectivity index (χ3v) is 5.33. The van der Waals surface area contributed by atoms with Crippen LogP contribution in [0.15, 0.2) is 18.2 Å². The first-order valence-electron chi connectivity index (χ1n) is 6.30. The van der Waals surface area contributed by atoms with Gasteiger partial charge in [0.15, 0.2) is 9.84 Å². The number of nitrogens with zero attached hydrogens (tertiary/aromatic N) is 1. The van der Waals surface area contributed by atoms with E-state index in [-0.39, 0.29) is 28.1 Å². The van der Waals surface area contributed by atoms with Crippen LogP contribution in [-0.4, -0.2) is 43.3 Å². The van der Waals surface area contributed by atoms with Gasteiger partial charge in [-0.3, -0.25) is 4.79 Å². The van der Waals surface area contributed by atoms with Gasteiger partial charge in [0.05, 0.1) is 11.5 Å². The Balaban J connectivity index is 2.25. The Hall–Kier alpha value is -1.14. The highest BCUT2D eigenvalue weighted by Gasteiger charge is 2.34. The van der Waals surface area contributed by atoms with Gasteiger partial charge in [-0.2, -0.15) is 0 Å². The molecule has 4 nitrogen and oxygen atoms in total. The lowest BCUT2D eigenvalue weighted by Crippen LogP contribution is -2.41. The summed E-state index contributed by atoms with van der Waals surface area (Å²) in [5, 5.41) is 0.142. The summed E-state index contributed by atoms with van der Waals surface area (Å²) in [7, 11) is -3.08. The maximum atomic E-state index is 13.3. The van der Waals surface area contributed by atoms with Crippen molar-refractivity contribution in [3.05, 3.63) is 34.6 Å². The van der Waals surface area contributed by atoms with Crippen molar-refractivity contribution in [1.82, 2.24) is 4.90 Å². The zero-order valence-electron chi connectivity index (χ0n) is 11.0. The van der Waals surface area contributed by atoms with E-state index in [1.807, 2.05) is 0 Å². The SMILES string of the molecule is CCN(C(=O)c1cc(F)cc(Cl)c1)C1CCS(=O)(=O)C1. The predicted molar refractivity (Wildman–Crippen MR) is 75.2 cm³/mol. The summed E-state index contributed by atoms with van der Waals surface area (Å²) in [6.07, 6.45) is 0.422. The van der Waals surface area contributed by atoms with Crippen molar-refractivity contribution >= 4 is 27.3 Å². The monoisotopic (exact) mass is 319 g/mol. The molecule has 0 saturated carbocycles. The smallest absolute Gasteiger partial charge is 0.254 e. The summed E-state index contributed by atoms with van der Waals surface area (Å²) in [5.41, 5.74) is 0.140. The lowest BCUT2D eigenvalue weighted by Gasteiger charge is -2.27. The molecule has 1 fully saturated rings. The van der Waals surface area contributed by atoms with Crippen molar-refractivity contribution in [2.45, 2.75) is 19.4 Å². The van der Waals surface area contributed by atoms with E-state index in [4.69, 9.17) is 11.6 Å². The molecule has 0 radical (unpaired) electrons. The fraction of sp³-hybridized carbons (Fsp3) is 0.462. The predicted octanol–water partition coefficient (Wildman–Crippen LogP) is 2.13. The number of carbonyl (C=O) groups excluding carboxylic acids is 1. The van der Waals surface area contributed by atoms with E-state index in [1.165, 1.54) is 11.0 Å². The van der Waals surface area contributed by atoms with Crippen LogP contribution >= 0.6 is 11.6 Å². The van der Waals surface area contributed by atoms with Crippen molar-refractivity contribution in [1.29, 1.82) is 0 Å². The minimum Gasteiger partial charge on any atom is -0.335 e. The van der Waals surface area contributed by atoms with Gasteiger partial charge in [0.2, 0.25) is 0 Å². The van der Waals surface area contributed by atoms with Gasteiger partial charge in [0.25, 0.3) is 5.91 Å². The molecule has 1 aliphatic heterocycles. The maximum absolute atomic E-state index is 13.3. The van der Waals surface area contributed by atoms with Crippen LogP contribution in [0.2, 0.25) is 5.02 Å². The van der Waals surface area contributed by atoms with Crippen LogP contribution in [0.1, 0.15) is 23.7 Å². The number of benzene rings is 1. The van der Waals surface area contributed by atoms with E-state index in [0.29, 0.717) is 13.0 Å². The summed E-state index contributed by atoms with van der Waals surface area (Å²) < 4.78 is 36.3. The van der Waals surface area contributed by atoms with Gasteiger partial charge < -0.3 is 4.90 Å². The molecule has 0 aliphatic carbocycles. The van der Waals surface area contributed by atoms with E-state index in [9.17, 15) is 17.6 Å². The van der Waals surface area contributed by atoms with Crippen LogP contribution in [0.5, 0.6) is 0 Å². The second-order valence-corrected chi connectivity index (χ2v) is 7.47. The van der Waals surface area contributed by atoms with Gasteiger partial charge in [0.1, 0.15) is 5.82 Å². The van der Waals surface area contributed by atoms with Crippen LogP contribution in [0, 0.1) is 5.82 Å². The van der Waals surface area contributed by atoms with Crippen molar-refractivity contribution in [2.24, 2.45) is 0 Å². The van der Waals surface area contributed by atoms with E-state index >= 15 is 0 Å². The number of rotatable bonds is 3. The van der Waals surface area contributed by atoms with Crippen molar-refractivity contribution in [3.63, 3.8) is 0 Å². The molecule has 1 amide bonds. The third-order valence-electron chi connectivity index (χ3n) is 3.36. The number of amides is 1. The lowest BCUT2D eigenvalue weighted by molar-refractivity contribution is 0.0708. The molecule has 1 aromatic rings. The number of carbonyl (C=O) groups is 1. The molecule has 2 rings (SSSR count). The fourth-order valence-electron chi connectivity index (χ4n) is 2.43. The summed E-state index contributed by atoms with van der Waals surface area (Å²) in [4.78, 5) is 13.9. The molecule has 110 valence electrons. The quantitative estimate of drug-likeness (QED) is 0.857. The lowest BCUT2D eigenvalue weighted by atomic mass is 10.1. The average molecular weight is 320 g/mol. The highest BCUT2D eigenvalue weighted by Crippen LogP contribution is 2.21. The van der Waals surface area contributed by atoms with Gasteiger partial charge >= 0.3 is 0 Å². The van der Waals surface area contributed by atoms with Crippen LogP contribution in [0.3, 0.4) is 0 Å². The van der Waals surface area contributed by atoms with Gasteiger partial charge in [-0.05, 0) is 31.5 Å². The van der Waals surface area contributed by atoms with Crippen molar-refractivity contribution in [3.8, 4) is 0 Å². The second kappa shape index (κ2) is 5.69. The number of hydrogen-bond acceptors (Lipinski definition) is 3. The molecule has 7 heteroatoms. The summed E-state index contributed by atoms with van der Waals surface area (Å²) in [5.74, 6) is -0.923. The third kappa shape index (κ3) is 3.30. The fourth-order valence-corrected chi connectivity index (χ4v) is 4.38. The molecule has 0 N–H and O–H groups in total. The zero-order valence-corrected chi connectivity index (χ0v) is 12.5. The first kappa shape index (κ1) is 15.3. The number of halogens is 2. The van der Waals surface area contributed by atoms with Crippen molar-refractivity contribution in [2.75, 3.05) is 18.1 Å². The standard InChI is InChI=1S/C13H15ClFNO3S/c1-2-16(12-3-4-20(18,19)8-12)13(17)9-5-10(14)7-11(15)6-9/h5-7,12H,2-4,8H2,1H3. The molecule has 1 atom stereocenters. The Morgan fingerprint density at radius 3 is 2.65 bits per heavy atom. The Morgan fingerprint density at radius 2 is 2.15 bits per heavy atom. The van der Waals surface area contributed by atoms with Gasteiger partial charge in [-0.1, -0.05) is 11.6 Å². The Bertz CT molecular complexity index is 612. The summed E-state index contributed by atoms with van der Waals surface area (Å²) >= 11 is 5.74. The van der Waals surface area contributed by atoms with Gasteiger partial charge in [0, 0.05) is 23.2 Å². The molecule has 1 aliphatic rings. The van der Waals surface area contributed by atoms with Crippen LogP contribution in [0.4, 0.5) is 4.39 Å². The molecule has 0 bridgehead atoms. The van der Waals surface area contributed by atoms with Crippen LogP contribution < -0.4 is 0 Å². The van der Waals surface area contributed by atoms with Gasteiger partial charge in [-0.25, -0.2) is 12.8 Å². The topological polar surface area (TPSA) is 54.5 Å². The van der Waals surface area contributed by atoms with E-state index in [0.717, 1.165) is 12.1 Å². The Kier molecular flexibility index (Phi) is 4.34. The molecular formula is C13H15ClFNO3S. The normalized spacial score (nSPS) is 20.9. The summed E-state index contributed by atoms with van der Waals surface area (Å²) in [6, 6.07) is 3.27. The van der Waals surface area contributed by atoms with Crippen molar-refractivity contribution < 1.29 is 17.6 Å². The molecular weight excluding hydrogens is 305 g/mol. The largest absolute Gasteiger partial charge is 0.335 e. The molecule has 1 saturated heterocycles. The second-order valence-electron chi connectivity index (χ2n) is 4.81. The minimum absolute atomic E-state index is 0.0321. The molecule has 1 unspecified atom stereocenters. The molecule has 0 spiro atoms. The highest BCUT2D eigenvalue weighted by molar-refractivity contribution is 7.91. The summed E-state index contributed by atoms with van der Waals surface area (Å²) in [6.45, 7) is 2.14. The Morgan fingerprint density at radius 1 is 1.45 bits per heavy atom. The first-order valence-corrected chi connectivity index (χ1v) is 8.50.